The van der Waals surface area contributed by atoms with Crippen molar-refractivity contribution in [3.63, 3.8) is 0 Å². The Bertz CT molecular complexity index is 1070. The molecule has 0 atom stereocenters. The van der Waals surface area contributed by atoms with Crippen LogP contribution in [0.4, 0.5) is 0 Å². The van der Waals surface area contributed by atoms with Crippen molar-refractivity contribution in [1.29, 1.82) is 0 Å². The van der Waals surface area contributed by atoms with Crippen LogP contribution in [0.2, 0.25) is 0 Å². The van der Waals surface area contributed by atoms with Gasteiger partial charge < -0.3 is 19.1 Å². The zero-order valence-corrected chi connectivity index (χ0v) is 20.0. The third-order valence-corrected chi connectivity index (χ3v) is 6.30. The van der Waals surface area contributed by atoms with E-state index in [1.807, 2.05) is 19.1 Å². The highest BCUT2D eigenvalue weighted by Gasteiger charge is 2.24. The number of likely N-dealkylation sites (tertiary alicyclic amines) is 1. The Morgan fingerprint density at radius 2 is 1.85 bits per heavy atom. The maximum absolute atomic E-state index is 13.2. The third kappa shape index (κ3) is 6.38. The number of carbonyl (C=O) groups excluding carboxylic acids is 2. The van der Waals surface area contributed by atoms with Crippen molar-refractivity contribution in [2.75, 3.05) is 19.6 Å². The second-order valence-corrected chi connectivity index (χ2v) is 8.99. The molecule has 1 N–H and O–H groups in total. The van der Waals surface area contributed by atoms with Gasteiger partial charge in [-0.15, -0.1) is 0 Å². The number of rotatable bonds is 9. The first-order chi connectivity index (χ1) is 16.5. The third-order valence-electron chi connectivity index (χ3n) is 6.30. The smallest absolute Gasteiger partial charge is 0.257 e. The summed E-state index contributed by atoms with van der Waals surface area (Å²) in [5.41, 5.74) is 1.84. The zero-order valence-electron chi connectivity index (χ0n) is 20.0. The molecule has 7 nitrogen and oxygen atoms in total. The Kier molecular flexibility index (Phi) is 7.85. The number of hydrogen-bond donors (Lipinski definition) is 1. The highest BCUT2D eigenvalue weighted by atomic mass is 16.3. The first-order valence-corrected chi connectivity index (χ1v) is 11.9. The van der Waals surface area contributed by atoms with Crippen LogP contribution in [0.15, 0.2) is 63.6 Å². The molecule has 4 rings (SSSR count). The quantitative estimate of drug-likeness (QED) is 0.512. The molecule has 1 saturated heterocycles. The van der Waals surface area contributed by atoms with Gasteiger partial charge in [0, 0.05) is 38.6 Å². The predicted molar refractivity (Wildman–Crippen MR) is 129 cm³/mol. The first kappa shape index (κ1) is 23.8. The predicted octanol–water partition coefficient (Wildman–Crippen LogP) is 4.30. The lowest BCUT2D eigenvalue weighted by Gasteiger charge is -2.32. The van der Waals surface area contributed by atoms with Gasteiger partial charge in [-0.25, -0.2) is 0 Å². The Hall–Kier alpha value is -3.32. The maximum atomic E-state index is 13.2. The van der Waals surface area contributed by atoms with E-state index in [-0.39, 0.29) is 24.3 Å². The lowest BCUT2D eigenvalue weighted by atomic mass is 10.0. The van der Waals surface area contributed by atoms with Gasteiger partial charge >= 0.3 is 0 Å². The molecule has 3 aromatic rings. The molecule has 0 spiro atoms. The van der Waals surface area contributed by atoms with E-state index in [2.05, 4.69) is 34.5 Å². The van der Waals surface area contributed by atoms with Gasteiger partial charge in [0.25, 0.3) is 5.91 Å². The Labute approximate surface area is 200 Å². The number of amides is 2. The number of nitrogens with one attached hydrogen (secondary N) is 1. The molecule has 1 aliphatic heterocycles. The Morgan fingerprint density at radius 1 is 1.09 bits per heavy atom. The highest BCUT2D eigenvalue weighted by molar-refractivity contribution is 5.95. The minimum Gasteiger partial charge on any atom is -0.467 e. The number of furan rings is 2. The number of carbonyl (C=O) groups is 2. The van der Waals surface area contributed by atoms with E-state index in [4.69, 9.17) is 8.83 Å². The van der Waals surface area contributed by atoms with Gasteiger partial charge in [0.05, 0.1) is 18.4 Å². The van der Waals surface area contributed by atoms with Crippen LogP contribution in [0, 0.1) is 13.8 Å². The molecular formula is C27H33N3O4. The van der Waals surface area contributed by atoms with E-state index in [0.717, 1.165) is 32.5 Å². The Morgan fingerprint density at radius 3 is 2.50 bits per heavy atom. The summed E-state index contributed by atoms with van der Waals surface area (Å²) < 4.78 is 11.0. The van der Waals surface area contributed by atoms with Gasteiger partial charge in [-0.2, -0.15) is 0 Å². The number of aryl methyl sites for hydroxylation is 2. The normalized spacial score (nSPS) is 14.8. The fourth-order valence-electron chi connectivity index (χ4n) is 4.47. The molecular weight excluding hydrogens is 430 g/mol. The van der Waals surface area contributed by atoms with Crippen molar-refractivity contribution in [3.05, 3.63) is 83.2 Å². The van der Waals surface area contributed by atoms with E-state index in [1.54, 1.807) is 30.2 Å². The highest BCUT2D eigenvalue weighted by Crippen LogP contribution is 2.19. The van der Waals surface area contributed by atoms with E-state index < -0.39 is 0 Å². The van der Waals surface area contributed by atoms with Crippen molar-refractivity contribution in [1.82, 2.24) is 15.1 Å². The molecule has 2 aromatic heterocycles. The van der Waals surface area contributed by atoms with Crippen LogP contribution in [-0.2, 0) is 17.9 Å². The standard InChI is InChI=1S/C27H33N3O4/c1-20-17-25(21(2)34-20)27(32)30(19-24-9-6-16-33-24)15-12-26(31)28-23-10-13-29(14-11-23)18-22-7-4-3-5-8-22/h3-9,16-17,23H,10-15,18-19H2,1-2H3,(H,28,31). The van der Waals surface area contributed by atoms with Crippen LogP contribution in [0.1, 0.15) is 52.5 Å². The zero-order chi connectivity index (χ0) is 23.9. The van der Waals surface area contributed by atoms with Gasteiger partial charge in [0.15, 0.2) is 0 Å². The maximum Gasteiger partial charge on any atom is 0.257 e. The number of benzene rings is 1. The van der Waals surface area contributed by atoms with Crippen molar-refractivity contribution in [2.24, 2.45) is 0 Å². The molecule has 1 aliphatic rings. The molecule has 0 radical (unpaired) electrons. The molecule has 1 aromatic carbocycles. The monoisotopic (exact) mass is 463 g/mol. The average molecular weight is 464 g/mol. The molecule has 0 aliphatic carbocycles. The van der Waals surface area contributed by atoms with E-state index in [1.165, 1.54) is 5.56 Å². The van der Waals surface area contributed by atoms with Crippen molar-refractivity contribution < 1.29 is 18.4 Å². The summed E-state index contributed by atoms with van der Waals surface area (Å²) in [5.74, 6) is 1.76. The second-order valence-electron chi connectivity index (χ2n) is 8.99. The summed E-state index contributed by atoms with van der Waals surface area (Å²) in [6.45, 7) is 7.08. The van der Waals surface area contributed by atoms with Gasteiger partial charge in [0.2, 0.25) is 5.91 Å². The van der Waals surface area contributed by atoms with Crippen molar-refractivity contribution in [3.8, 4) is 0 Å². The fraction of sp³-hybridized carbons (Fsp3) is 0.407. The molecule has 7 heteroatoms. The van der Waals surface area contributed by atoms with Gasteiger partial charge in [-0.1, -0.05) is 30.3 Å². The Balaban J connectivity index is 1.28. The van der Waals surface area contributed by atoms with Crippen molar-refractivity contribution in [2.45, 2.75) is 52.2 Å². The molecule has 1 fully saturated rings. The van der Waals surface area contributed by atoms with E-state index in [0.29, 0.717) is 35.9 Å². The molecule has 180 valence electrons. The second kappa shape index (κ2) is 11.2. The van der Waals surface area contributed by atoms with Gasteiger partial charge in [-0.3, -0.25) is 14.5 Å². The van der Waals surface area contributed by atoms with Gasteiger partial charge in [0.1, 0.15) is 17.3 Å². The summed E-state index contributed by atoms with van der Waals surface area (Å²) in [4.78, 5) is 30.0. The van der Waals surface area contributed by atoms with Crippen LogP contribution < -0.4 is 5.32 Å². The molecule has 0 saturated carbocycles. The van der Waals surface area contributed by atoms with Crippen LogP contribution in [0.5, 0.6) is 0 Å². The summed E-state index contributed by atoms with van der Waals surface area (Å²) in [6.07, 6.45) is 3.69. The number of hydrogen-bond acceptors (Lipinski definition) is 5. The summed E-state index contributed by atoms with van der Waals surface area (Å²) >= 11 is 0. The SMILES string of the molecule is Cc1cc(C(=O)N(CCC(=O)NC2CCN(Cc3ccccc3)CC2)Cc2ccco2)c(C)o1. The van der Waals surface area contributed by atoms with Crippen LogP contribution in [0.25, 0.3) is 0 Å². The molecule has 3 heterocycles. The number of piperidine rings is 1. The molecule has 2 amide bonds. The largest absolute Gasteiger partial charge is 0.467 e. The fourth-order valence-corrected chi connectivity index (χ4v) is 4.47. The first-order valence-electron chi connectivity index (χ1n) is 11.9. The lowest BCUT2D eigenvalue weighted by Crippen LogP contribution is -2.45. The molecule has 0 unspecified atom stereocenters. The van der Waals surface area contributed by atoms with Crippen molar-refractivity contribution >= 4 is 11.8 Å². The summed E-state index contributed by atoms with van der Waals surface area (Å²) in [5, 5.41) is 3.17. The summed E-state index contributed by atoms with van der Waals surface area (Å²) in [7, 11) is 0. The number of nitrogens with zero attached hydrogens (tertiary/aromatic N) is 2. The van der Waals surface area contributed by atoms with Crippen LogP contribution >= 0.6 is 0 Å². The van der Waals surface area contributed by atoms with Crippen LogP contribution in [-0.4, -0.2) is 47.3 Å². The van der Waals surface area contributed by atoms with E-state index in [9.17, 15) is 9.59 Å². The lowest BCUT2D eigenvalue weighted by molar-refractivity contribution is -0.122. The topological polar surface area (TPSA) is 78.9 Å². The minimum absolute atomic E-state index is 0.0288. The van der Waals surface area contributed by atoms with E-state index >= 15 is 0 Å². The minimum atomic E-state index is -0.159. The van der Waals surface area contributed by atoms with Gasteiger partial charge in [-0.05, 0) is 50.5 Å². The molecule has 0 bridgehead atoms. The average Bonchev–Trinajstić information content (AvgIpc) is 3.47. The van der Waals surface area contributed by atoms with Crippen LogP contribution in [0.3, 0.4) is 0 Å². The summed E-state index contributed by atoms with van der Waals surface area (Å²) in [6, 6.07) is 16.0. The molecule has 34 heavy (non-hydrogen) atoms.